The fourth-order valence-corrected chi connectivity index (χ4v) is 2.81. The lowest BCUT2D eigenvalue weighted by Crippen LogP contribution is -2.21. The summed E-state index contributed by atoms with van der Waals surface area (Å²) in [5.74, 6) is 0.756. The monoisotopic (exact) mass is 292 g/mol. The van der Waals surface area contributed by atoms with Gasteiger partial charge in [0.15, 0.2) is 0 Å². The van der Waals surface area contributed by atoms with Crippen LogP contribution in [0, 0.1) is 0 Å². The van der Waals surface area contributed by atoms with E-state index < -0.39 is 6.17 Å². The quantitative estimate of drug-likeness (QED) is 0.383. The number of thioether (sulfide) groups is 1. The Morgan fingerprint density at radius 3 is 2.42 bits per heavy atom. The third kappa shape index (κ3) is 11.3. The molecule has 2 atom stereocenters. The lowest BCUT2D eigenvalue weighted by atomic mass is 10.2. The number of carbonyl (C=O) groups is 1. The first-order valence-electron chi connectivity index (χ1n) is 7.54. The van der Waals surface area contributed by atoms with E-state index >= 15 is 0 Å². The predicted molar refractivity (Wildman–Crippen MR) is 81.4 cm³/mol. The molecule has 19 heavy (non-hydrogen) atoms. The van der Waals surface area contributed by atoms with Crippen LogP contribution in [0.1, 0.15) is 65.7 Å². The van der Waals surface area contributed by atoms with Crippen LogP contribution in [0.15, 0.2) is 0 Å². The summed E-state index contributed by atoms with van der Waals surface area (Å²) in [5, 5.41) is -0.0632. The van der Waals surface area contributed by atoms with Crippen molar-refractivity contribution in [2.45, 2.75) is 77.1 Å². The summed E-state index contributed by atoms with van der Waals surface area (Å²) in [6.07, 6.45) is 5.63. The average molecular weight is 292 g/mol. The number of unbranched alkanes of at least 4 members (excludes halogenated alkanes) is 2. The molecule has 0 fully saturated rings. The lowest BCUT2D eigenvalue weighted by molar-refractivity contribution is -0.143. The first kappa shape index (κ1) is 18.8. The molecule has 0 spiro atoms. The summed E-state index contributed by atoms with van der Waals surface area (Å²) >= 11 is 1.63. The van der Waals surface area contributed by atoms with E-state index in [1.165, 1.54) is 0 Å². The van der Waals surface area contributed by atoms with Crippen LogP contribution in [0.25, 0.3) is 0 Å². The lowest BCUT2D eigenvalue weighted by Gasteiger charge is -2.15. The number of halogens is 1. The highest BCUT2D eigenvalue weighted by molar-refractivity contribution is 8.00. The van der Waals surface area contributed by atoms with Crippen molar-refractivity contribution in [1.82, 2.24) is 0 Å². The molecule has 0 aliphatic heterocycles. The average Bonchev–Trinajstić information content (AvgIpc) is 2.37. The fourth-order valence-electron chi connectivity index (χ4n) is 1.66. The minimum absolute atomic E-state index is 0.0632. The Morgan fingerprint density at radius 1 is 1.16 bits per heavy atom. The van der Waals surface area contributed by atoms with Gasteiger partial charge in [-0.1, -0.05) is 33.1 Å². The standard InChI is InChI=1S/C15H29FO2S/c1-4-6-10-14(15(17)18-11-7-5-2)19-12-8-9-13(3)16/h13-14H,4-12H2,1-3H3. The molecule has 0 amide bonds. The summed E-state index contributed by atoms with van der Waals surface area (Å²) in [7, 11) is 0. The molecule has 0 N–H and O–H groups in total. The van der Waals surface area contributed by atoms with Crippen molar-refractivity contribution in [2.24, 2.45) is 0 Å². The number of hydrogen-bond acceptors (Lipinski definition) is 3. The Labute approximate surface area is 121 Å². The number of rotatable bonds is 12. The molecule has 114 valence electrons. The topological polar surface area (TPSA) is 26.3 Å². The highest BCUT2D eigenvalue weighted by Gasteiger charge is 2.19. The Bertz CT molecular complexity index is 222. The number of esters is 1. The Balaban J connectivity index is 3.95. The van der Waals surface area contributed by atoms with Crippen LogP contribution in [0.4, 0.5) is 4.39 Å². The van der Waals surface area contributed by atoms with Crippen LogP contribution in [-0.2, 0) is 9.53 Å². The van der Waals surface area contributed by atoms with Gasteiger partial charge in [-0.3, -0.25) is 4.79 Å². The van der Waals surface area contributed by atoms with E-state index in [1.54, 1.807) is 18.7 Å². The van der Waals surface area contributed by atoms with Crippen LogP contribution < -0.4 is 0 Å². The summed E-state index contributed by atoms with van der Waals surface area (Å²) in [6, 6.07) is 0. The normalized spacial score (nSPS) is 14.1. The third-order valence-corrected chi connectivity index (χ3v) is 4.25. The Hall–Kier alpha value is -0.250. The van der Waals surface area contributed by atoms with Crippen molar-refractivity contribution >= 4 is 17.7 Å². The van der Waals surface area contributed by atoms with Crippen molar-refractivity contribution in [2.75, 3.05) is 12.4 Å². The molecule has 4 heteroatoms. The molecule has 0 aromatic rings. The van der Waals surface area contributed by atoms with E-state index in [1.807, 2.05) is 0 Å². The maximum absolute atomic E-state index is 12.7. The van der Waals surface area contributed by atoms with E-state index in [-0.39, 0.29) is 11.2 Å². The fraction of sp³-hybridized carbons (Fsp3) is 0.933. The molecule has 0 saturated heterocycles. The van der Waals surface area contributed by atoms with Gasteiger partial charge in [0, 0.05) is 0 Å². The molecule has 0 heterocycles. The van der Waals surface area contributed by atoms with Gasteiger partial charge in [-0.25, -0.2) is 4.39 Å². The molecule has 2 nitrogen and oxygen atoms in total. The van der Waals surface area contributed by atoms with Gasteiger partial charge in [0.1, 0.15) is 5.25 Å². The number of alkyl halides is 1. The third-order valence-electron chi connectivity index (χ3n) is 2.89. The molecule has 0 aliphatic rings. The molecule has 2 unspecified atom stereocenters. The second kappa shape index (κ2) is 12.8. The minimum atomic E-state index is -0.744. The zero-order chi connectivity index (χ0) is 14.5. The molecule has 0 bridgehead atoms. The Morgan fingerprint density at radius 2 is 1.84 bits per heavy atom. The van der Waals surface area contributed by atoms with Crippen LogP contribution in [-0.4, -0.2) is 29.8 Å². The van der Waals surface area contributed by atoms with Crippen molar-refractivity contribution in [3.8, 4) is 0 Å². The van der Waals surface area contributed by atoms with E-state index in [0.29, 0.717) is 13.0 Å². The zero-order valence-electron chi connectivity index (χ0n) is 12.6. The van der Waals surface area contributed by atoms with Crippen LogP contribution in [0.3, 0.4) is 0 Å². The van der Waals surface area contributed by atoms with Crippen LogP contribution in [0.2, 0.25) is 0 Å². The molecule has 0 aromatic carbocycles. The molecular formula is C15H29FO2S. The van der Waals surface area contributed by atoms with Gasteiger partial charge in [0.2, 0.25) is 0 Å². The molecule has 0 aromatic heterocycles. The van der Waals surface area contributed by atoms with Gasteiger partial charge in [0.25, 0.3) is 0 Å². The van der Waals surface area contributed by atoms with Crippen LogP contribution >= 0.6 is 11.8 Å². The van der Waals surface area contributed by atoms with Crippen LogP contribution in [0.5, 0.6) is 0 Å². The van der Waals surface area contributed by atoms with Gasteiger partial charge in [-0.15, -0.1) is 11.8 Å². The summed E-state index contributed by atoms with van der Waals surface area (Å²) in [6.45, 7) is 6.31. The van der Waals surface area contributed by atoms with E-state index in [4.69, 9.17) is 4.74 Å². The predicted octanol–water partition coefficient (Wildman–Crippen LogP) is 4.76. The number of hydrogen-bond donors (Lipinski definition) is 0. The van der Waals surface area contributed by atoms with Gasteiger partial charge < -0.3 is 4.74 Å². The van der Waals surface area contributed by atoms with Gasteiger partial charge >= 0.3 is 5.97 Å². The van der Waals surface area contributed by atoms with Crippen molar-refractivity contribution < 1.29 is 13.9 Å². The number of ether oxygens (including phenoxy) is 1. The number of carbonyl (C=O) groups excluding carboxylic acids is 1. The highest BCUT2D eigenvalue weighted by atomic mass is 32.2. The maximum atomic E-state index is 12.7. The second-order valence-corrected chi connectivity index (χ2v) is 6.26. The summed E-state index contributed by atoms with van der Waals surface area (Å²) < 4.78 is 18.0. The zero-order valence-corrected chi connectivity index (χ0v) is 13.4. The SMILES string of the molecule is CCCCOC(=O)C(CCCC)SCCCC(C)F. The molecule has 0 saturated carbocycles. The first-order chi connectivity index (χ1) is 9.11. The van der Waals surface area contributed by atoms with E-state index in [2.05, 4.69) is 13.8 Å². The Kier molecular flexibility index (Phi) is 12.6. The van der Waals surface area contributed by atoms with Crippen molar-refractivity contribution in [3.05, 3.63) is 0 Å². The van der Waals surface area contributed by atoms with E-state index in [9.17, 15) is 9.18 Å². The van der Waals surface area contributed by atoms with Gasteiger partial charge in [-0.2, -0.15) is 0 Å². The second-order valence-electron chi connectivity index (χ2n) is 4.95. The molecular weight excluding hydrogens is 263 g/mol. The van der Waals surface area contributed by atoms with Gasteiger partial charge in [-0.05, 0) is 38.4 Å². The van der Waals surface area contributed by atoms with E-state index in [0.717, 1.165) is 44.3 Å². The molecule has 0 radical (unpaired) electrons. The van der Waals surface area contributed by atoms with Crippen molar-refractivity contribution in [1.29, 1.82) is 0 Å². The molecule has 0 aliphatic carbocycles. The van der Waals surface area contributed by atoms with Gasteiger partial charge in [0.05, 0.1) is 12.8 Å². The summed E-state index contributed by atoms with van der Waals surface area (Å²) in [4.78, 5) is 11.9. The minimum Gasteiger partial charge on any atom is -0.465 e. The first-order valence-corrected chi connectivity index (χ1v) is 8.59. The maximum Gasteiger partial charge on any atom is 0.319 e. The smallest absolute Gasteiger partial charge is 0.319 e. The summed E-state index contributed by atoms with van der Waals surface area (Å²) in [5.41, 5.74) is 0. The largest absolute Gasteiger partial charge is 0.465 e. The highest BCUT2D eigenvalue weighted by Crippen LogP contribution is 2.21. The molecule has 0 rings (SSSR count). The van der Waals surface area contributed by atoms with Crippen molar-refractivity contribution in [3.63, 3.8) is 0 Å².